The van der Waals surface area contributed by atoms with Gasteiger partial charge in [0.2, 0.25) is 0 Å². The Balaban J connectivity index is 2.22. The van der Waals surface area contributed by atoms with Gasteiger partial charge in [0.15, 0.2) is 0 Å². The number of rotatable bonds is 10. The van der Waals surface area contributed by atoms with Crippen molar-refractivity contribution in [3.63, 3.8) is 0 Å². The quantitative estimate of drug-likeness (QED) is 0.341. The van der Waals surface area contributed by atoms with Crippen LogP contribution < -0.4 is 5.32 Å². The first kappa shape index (κ1) is 15.1. The molecule has 3 unspecified atom stereocenters. The molecule has 1 N–H and O–H groups in total. The minimum atomic E-state index is -0.666. The summed E-state index contributed by atoms with van der Waals surface area (Å²) in [5, 5.41) is 2.67. The molecule has 3 atom stereocenters. The summed E-state index contributed by atoms with van der Waals surface area (Å²) < 4.78 is 32.0. The predicted octanol–water partition coefficient (Wildman–Crippen LogP) is -0.203. The van der Waals surface area contributed by atoms with E-state index < -0.39 is 6.58 Å². The second kappa shape index (κ2) is 10.5. The molecule has 1 aliphatic heterocycles. The molecule has 19 heavy (non-hydrogen) atoms. The van der Waals surface area contributed by atoms with Gasteiger partial charge in [-0.3, -0.25) is 0 Å². The van der Waals surface area contributed by atoms with E-state index in [-0.39, 0.29) is 40.7 Å². The van der Waals surface area contributed by atoms with Crippen LogP contribution in [0.5, 0.6) is 0 Å². The second-order valence-corrected chi connectivity index (χ2v) is 4.95. The number of amides is 1. The maximum absolute atomic E-state index is 11.5. The van der Waals surface area contributed by atoms with Gasteiger partial charge >= 0.3 is 120 Å². The summed E-state index contributed by atoms with van der Waals surface area (Å²) in [5.41, 5.74) is 0. The third-order valence-corrected chi connectivity index (χ3v) is 3.26. The first-order chi connectivity index (χ1) is 9.67. The molecule has 9 heteroatoms. The van der Waals surface area contributed by atoms with Gasteiger partial charge in [-0.25, -0.2) is 0 Å². The Labute approximate surface area is 124 Å². The molecule has 0 aliphatic carbocycles. The molecule has 1 fully saturated rings. The topological polar surface area (TPSA) is 86.2 Å². The van der Waals surface area contributed by atoms with E-state index in [1.54, 1.807) is 0 Å². The molecule has 0 saturated carbocycles. The van der Waals surface area contributed by atoms with Gasteiger partial charge in [-0.15, -0.1) is 0 Å². The van der Waals surface area contributed by atoms with Crippen LogP contribution in [0.1, 0.15) is 14.2 Å². The molecule has 1 rings (SSSR count). The minimum absolute atomic E-state index is 0.0871. The van der Waals surface area contributed by atoms with Gasteiger partial charge in [-0.1, -0.05) is 0 Å². The van der Waals surface area contributed by atoms with Gasteiger partial charge < -0.3 is 4.46 Å². The fourth-order valence-electron chi connectivity index (χ4n) is 1.56. The van der Waals surface area contributed by atoms with Gasteiger partial charge in [0.25, 0.3) is 0 Å². The molecule has 1 amide bonds. The second-order valence-electron chi connectivity index (χ2n) is 3.90. The zero-order valence-corrected chi connectivity index (χ0v) is 12.8. The fraction of sp³-hybridized carbons (Fsp3) is 0.900. The molecule has 1 heterocycles. The van der Waals surface area contributed by atoms with Crippen molar-refractivity contribution >= 4 is 15.3 Å². The molecular weight excluding hydrogens is 307 g/mol. The first-order valence-electron chi connectivity index (χ1n) is 6.52. The first-order valence-corrected chi connectivity index (χ1v) is 7.68. The van der Waals surface area contributed by atoms with E-state index in [1.165, 1.54) is 0 Å². The summed E-state index contributed by atoms with van der Waals surface area (Å²) in [6.07, 6.45) is 0.347. The van der Waals surface area contributed by atoms with E-state index in [4.69, 9.17) is 15.7 Å². The van der Waals surface area contributed by atoms with Crippen LogP contribution >= 0.6 is 0 Å². The zero-order valence-electron chi connectivity index (χ0n) is 11.4. The van der Waals surface area contributed by atoms with E-state index in [2.05, 4.69) is 9.27 Å². The third-order valence-electron chi connectivity index (χ3n) is 2.52. The fourth-order valence-corrected chi connectivity index (χ4v) is 1.99. The standard InChI is InChI=1S/C10H17N2O5Si.V/c11-17-6-9-8(2-4-15-9)16-7-10(13)12-3-1-5-18-14;/h8-9H,1-7H2,(H,12,13);/i4T;. The van der Waals surface area contributed by atoms with Crippen molar-refractivity contribution in [3.8, 4) is 0 Å². The van der Waals surface area contributed by atoms with Crippen LogP contribution in [-0.2, 0) is 40.8 Å². The van der Waals surface area contributed by atoms with Crippen LogP contribution in [0.15, 0.2) is 3.95 Å². The average molecular weight is 326 g/mol. The van der Waals surface area contributed by atoms with Crippen molar-refractivity contribution in [1.29, 1.82) is 0 Å². The molecular formula is C10H17N2O5SiV. The number of carbonyl (C=O) groups excluding carboxylic acids is 1. The van der Waals surface area contributed by atoms with E-state index in [0.29, 0.717) is 25.4 Å². The molecule has 0 aromatic heterocycles. The Morgan fingerprint density at radius 1 is 1.68 bits per heavy atom. The van der Waals surface area contributed by atoms with Gasteiger partial charge in [0.05, 0.1) is 0 Å². The molecule has 0 spiro atoms. The SMILES string of the molecule is [3H]C1CC(OCC(=O)NCCC[Si]=O)C(CO[N]=[V])O1. The Hall–Kier alpha value is -0.249. The summed E-state index contributed by atoms with van der Waals surface area (Å²) in [7, 11) is -0.334. The van der Waals surface area contributed by atoms with Gasteiger partial charge in [0, 0.05) is 0 Å². The van der Waals surface area contributed by atoms with Crippen molar-refractivity contribution in [1.82, 2.24) is 5.32 Å². The summed E-state index contributed by atoms with van der Waals surface area (Å²) >= 11 is 1.93. The molecule has 7 nitrogen and oxygen atoms in total. The molecule has 0 aromatic rings. The Morgan fingerprint density at radius 3 is 3.26 bits per heavy atom. The molecule has 106 valence electrons. The normalized spacial score (nSPS) is 26.7. The van der Waals surface area contributed by atoms with E-state index in [1.807, 2.05) is 17.2 Å². The van der Waals surface area contributed by atoms with Gasteiger partial charge in [-0.05, 0) is 0 Å². The van der Waals surface area contributed by atoms with E-state index >= 15 is 0 Å². The van der Waals surface area contributed by atoms with Crippen LogP contribution in [0.25, 0.3) is 0 Å². The van der Waals surface area contributed by atoms with Crippen LogP contribution in [0, 0.1) is 0 Å². The number of hydrogen-bond acceptors (Lipinski definition) is 6. The number of nitrogens with one attached hydrogen (secondary N) is 1. The maximum atomic E-state index is 11.5. The van der Waals surface area contributed by atoms with E-state index in [9.17, 15) is 9.26 Å². The van der Waals surface area contributed by atoms with E-state index in [0.717, 1.165) is 0 Å². The number of carbonyl (C=O) groups is 1. The van der Waals surface area contributed by atoms with Crippen molar-refractivity contribution in [2.24, 2.45) is 3.95 Å². The molecule has 1 saturated heterocycles. The van der Waals surface area contributed by atoms with Crippen LogP contribution in [0.3, 0.4) is 0 Å². The van der Waals surface area contributed by atoms with Crippen LogP contribution in [0.2, 0.25) is 6.04 Å². The number of hydrogen-bond donors (Lipinski definition) is 1. The average Bonchev–Trinajstić information content (AvgIpc) is 2.79. The summed E-state index contributed by atoms with van der Waals surface area (Å²) in [6.45, 7) is -0.0725. The molecule has 0 bridgehead atoms. The Morgan fingerprint density at radius 2 is 2.53 bits per heavy atom. The summed E-state index contributed by atoms with van der Waals surface area (Å²) in [6, 6.07) is 0.580. The third kappa shape index (κ3) is 7.19. The van der Waals surface area contributed by atoms with Crippen molar-refractivity contribution in [2.75, 3.05) is 26.3 Å². The Kier molecular flexibility index (Phi) is 8.39. The molecule has 1 radical (unpaired) electrons. The van der Waals surface area contributed by atoms with Crippen LogP contribution in [-0.4, -0.2) is 53.9 Å². The number of nitrogens with zero attached hydrogens (tertiary/aromatic N) is 1. The summed E-state index contributed by atoms with van der Waals surface area (Å²) in [4.78, 5) is 16.4. The molecule has 1 aliphatic rings. The van der Waals surface area contributed by atoms with Gasteiger partial charge in [-0.2, -0.15) is 0 Å². The monoisotopic (exact) mass is 326 g/mol. The van der Waals surface area contributed by atoms with Crippen LogP contribution in [0.4, 0.5) is 0 Å². The number of ether oxygens (including phenoxy) is 2. The van der Waals surface area contributed by atoms with Gasteiger partial charge in [0.1, 0.15) is 0 Å². The zero-order chi connectivity index (χ0) is 14.8. The summed E-state index contributed by atoms with van der Waals surface area (Å²) in [5.74, 6) is -0.232. The molecule has 0 aromatic carbocycles. The van der Waals surface area contributed by atoms with Crippen molar-refractivity contribution in [2.45, 2.75) is 31.1 Å². The predicted molar refractivity (Wildman–Crippen MR) is 61.4 cm³/mol. The Bertz CT molecular complexity index is 339. The van der Waals surface area contributed by atoms with Crippen molar-refractivity contribution in [3.05, 3.63) is 0 Å². The van der Waals surface area contributed by atoms with Crippen molar-refractivity contribution < 1.29 is 42.2 Å².